The third-order valence-electron chi connectivity index (χ3n) is 9.38. The summed E-state index contributed by atoms with van der Waals surface area (Å²) in [6.45, 7) is 0.739. The summed E-state index contributed by atoms with van der Waals surface area (Å²) < 4.78 is 38.6. The van der Waals surface area contributed by atoms with E-state index in [4.69, 9.17) is 0 Å². The van der Waals surface area contributed by atoms with Crippen molar-refractivity contribution in [2.24, 2.45) is 5.92 Å². The van der Waals surface area contributed by atoms with Crippen molar-refractivity contribution >= 4 is 23.4 Å². The van der Waals surface area contributed by atoms with Crippen molar-refractivity contribution in [3.05, 3.63) is 58.9 Å². The number of nitrogens with one attached hydrogen (secondary N) is 3. The van der Waals surface area contributed by atoms with E-state index in [1.54, 1.807) is 4.90 Å². The Kier molecular flexibility index (Phi) is 7.72. The number of amides is 3. The average molecular weight is 584 g/mol. The van der Waals surface area contributed by atoms with E-state index in [1.165, 1.54) is 18.9 Å². The molecule has 0 radical (unpaired) electrons. The number of hydrogen-bond donors (Lipinski definition) is 3. The molecule has 1 aromatic carbocycles. The van der Waals surface area contributed by atoms with Crippen LogP contribution < -0.4 is 16.0 Å². The molecular weight excluding hydrogens is 547 g/mol. The summed E-state index contributed by atoms with van der Waals surface area (Å²) >= 11 is 0. The molecule has 1 atom stereocenters. The smallest absolute Gasteiger partial charge is 0.379 e. The average Bonchev–Trinajstić information content (AvgIpc) is 3.74. The van der Waals surface area contributed by atoms with Gasteiger partial charge in [-0.25, -0.2) is 0 Å². The standard InChI is InChI=1S/C31H36F3N5O3/c32-31(33,34)20-6-7-22(35-16-20)17-36-21-11-14-30(15-12-21,13-10-19-4-5-19)38-25-3-1-2-23-24(25)18-39(29(23)42)26-8-9-27(40)37-28(26)41/h1-3,6-7,16,19,21,26,36,38H,4-5,8-15,17-18H2,(H,37,40,41). The van der Waals surface area contributed by atoms with Crippen LogP contribution in [0.4, 0.5) is 18.9 Å². The fraction of sp³-hybridized carbons (Fsp3) is 0.548. The maximum absolute atomic E-state index is 13.3. The molecule has 8 nitrogen and oxygen atoms in total. The Bertz CT molecular complexity index is 1350. The quantitative estimate of drug-likeness (QED) is 0.362. The van der Waals surface area contributed by atoms with Crippen LogP contribution in [-0.2, 0) is 28.9 Å². The molecule has 4 aliphatic rings. The minimum absolute atomic E-state index is 0.131. The predicted molar refractivity (Wildman–Crippen MR) is 149 cm³/mol. The lowest BCUT2D eigenvalue weighted by molar-refractivity contribution is -0.138. The monoisotopic (exact) mass is 583 g/mol. The molecular formula is C31H36F3N5O3. The lowest BCUT2D eigenvalue weighted by atomic mass is 9.75. The molecule has 2 saturated carbocycles. The number of pyridine rings is 1. The molecule has 2 aromatic rings. The van der Waals surface area contributed by atoms with Gasteiger partial charge in [-0.15, -0.1) is 0 Å². The van der Waals surface area contributed by atoms with Crippen molar-refractivity contribution in [2.75, 3.05) is 5.32 Å². The number of piperidine rings is 1. The van der Waals surface area contributed by atoms with Crippen LogP contribution in [0.5, 0.6) is 0 Å². The van der Waals surface area contributed by atoms with E-state index in [-0.39, 0.29) is 29.8 Å². The SMILES string of the molecule is O=C1CCC(N2Cc3c(NC4(CCC5CC5)CCC(NCc5ccc(C(F)(F)F)cn5)CC4)cccc3C2=O)C(=O)N1. The number of carbonyl (C=O) groups excluding carboxylic acids is 3. The van der Waals surface area contributed by atoms with Gasteiger partial charge in [0, 0.05) is 54.1 Å². The Hall–Kier alpha value is -3.47. The van der Waals surface area contributed by atoms with E-state index in [1.807, 2.05) is 18.2 Å². The van der Waals surface area contributed by atoms with Crippen LogP contribution in [-0.4, -0.2) is 45.2 Å². The lowest BCUT2D eigenvalue weighted by Gasteiger charge is -2.42. The van der Waals surface area contributed by atoms with Crippen LogP contribution in [0.2, 0.25) is 0 Å². The number of carbonyl (C=O) groups is 3. The van der Waals surface area contributed by atoms with Crippen LogP contribution in [0.3, 0.4) is 0 Å². The van der Waals surface area contributed by atoms with Gasteiger partial charge in [-0.3, -0.25) is 24.7 Å². The number of hydrogen-bond acceptors (Lipinski definition) is 6. The first kappa shape index (κ1) is 28.6. The molecule has 3 N–H and O–H groups in total. The third-order valence-corrected chi connectivity index (χ3v) is 9.38. The number of nitrogens with zero attached hydrogens (tertiary/aromatic N) is 2. The first-order valence-corrected chi connectivity index (χ1v) is 14.9. The summed E-state index contributed by atoms with van der Waals surface area (Å²) in [5, 5.41) is 9.73. The van der Waals surface area contributed by atoms with Crippen molar-refractivity contribution in [2.45, 2.75) is 101 Å². The maximum atomic E-state index is 13.3. The van der Waals surface area contributed by atoms with Crippen LogP contribution >= 0.6 is 0 Å². The zero-order valence-electron chi connectivity index (χ0n) is 23.4. The third kappa shape index (κ3) is 6.16. The van der Waals surface area contributed by atoms with Crippen LogP contribution in [0.25, 0.3) is 0 Å². The molecule has 3 amide bonds. The number of rotatable bonds is 9. The molecule has 224 valence electrons. The van der Waals surface area contributed by atoms with Crippen LogP contribution in [0.1, 0.15) is 91.4 Å². The minimum Gasteiger partial charge on any atom is -0.379 e. The van der Waals surface area contributed by atoms with E-state index < -0.39 is 23.7 Å². The highest BCUT2D eigenvalue weighted by molar-refractivity contribution is 6.06. The first-order chi connectivity index (χ1) is 20.1. The van der Waals surface area contributed by atoms with Gasteiger partial charge in [0.05, 0.1) is 11.3 Å². The first-order valence-electron chi connectivity index (χ1n) is 14.9. The van der Waals surface area contributed by atoms with E-state index in [2.05, 4.69) is 20.9 Å². The van der Waals surface area contributed by atoms with Gasteiger partial charge in [0.25, 0.3) is 5.91 Å². The van der Waals surface area contributed by atoms with E-state index in [9.17, 15) is 27.6 Å². The highest BCUT2D eigenvalue weighted by Crippen LogP contribution is 2.43. The summed E-state index contributed by atoms with van der Waals surface area (Å²) in [5.74, 6) is -0.127. The molecule has 11 heteroatoms. The van der Waals surface area contributed by atoms with E-state index >= 15 is 0 Å². The maximum Gasteiger partial charge on any atom is 0.417 e. The largest absolute Gasteiger partial charge is 0.417 e. The highest BCUT2D eigenvalue weighted by Gasteiger charge is 2.42. The fourth-order valence-corrected chi connectivity index (χ4v) is 6.63. The Morgan fingerprint density at radius 3 is 2.48 bits per heavy atom. The van der Waals surface area contributed by atoms with Crippen molar-refractivity contribution < 1.29 is 27.6 Å². The molecule has 2 aliphatic carbocycles. The van der Waals surface area contributed by atoms with Crippen molar-refractivity contribution in [3.63, 3.8) is 0 Å². The predicted octanol–water partition coefficient (Wildman–Crippen LogP) is 4.93. The van der Waals surface area contributed by atoms with Gasteiger partial charge < -0.3 is 15.5 Å². The zero-order chi connectivity index (χ0) is 29.5. The normalized spacial score (nSPS) is 26.3. The van der Waals surface area contributed by atoms with Crippen LogP contribution in [0, 0.1) is 5.92 Å². The molecule has 1 aromatic heterocycles. The molecule has 0 bridgehead atoms. The Morgan fingerprint density at radius 1 is 1.02 bits per heavy atom. The Labute approximate surface area is 242 Å². The van der Waals surface area contributed by atoms with Gasteiger partial charge >= 0.3 is 6.18 Å². The summed E-state index contributed by atoms with van der Waals surface area (Å²) in [6, 6.07) is 7.78. The summed E-state index contributed by atoms with van der Waals surface area (Å²) in [4.78, 5) is 43.1. The van der Waals surface area contributed by atoms with Gasteiger partial charge in [-0.05, 0) is 75.1 Å². The molecule has 6 rings (SSSR count). The van der Waals surface area contributed by atoms with Gasteiger partial charge in [0.2, 0.25) is 11.8 Å². The second-order valence-electron chi connectivity index (χ2n) is 12.3. The molecule has 0 spiro atoms. The number of alkyl halides is 3. The number of aromatic nitrogens is 1. The summed E-state index contributed by atoms with van der Waals surface area (Å²) in [5.41, 5.74) is 2.12. The number of halogens is 3. The van der Waals surface area contributed by atoms with E-state index in [0.29, 0.717) is 30.8 Å². The van der Waals surface area contributed by atoms with Gasteiger partial charge in [-0.2, -0.15) is 13.2 Å². The summed E-state index contributed by atoms with van der Waals surface area (Å²) in [7, 11) is 0. The van der Waals surface area contributed by atoms with Gasteiger partial charge in [-0.1, -0.05) is 18.9 Å². The number of anilines is 1. The second kappa shape index (κ2) is 11.3. The topological polar surface area (TPSA) is 103 Å². The fourth-order valence-electron chi connectivity index (χ4n) is 6.63. The Morgan fingerprint density at radius 2 is 1.81 bits per heavy atom. The zero-order valence-corrected chi connectivity index (χ0v) is 23.4. The van der Waals surface area contributed by atoms with Crippen LogP contribution in [0.15, 0.2) is 36.5 Å². The van der Waals surface area contributed by atoms with Gasteiger partial charge in [0.1, 0.15) is 6.04 Å². The lowest BCUT2D eigenvalue weighted by Crippen LogP contribution is -2.52. The molecule has 1 unspecified atom stereocenters. The minimum atomic E-state index is -4.39. The van der Waals surface area contributed by atoms with E-state index in [0.717, 1.165) is 68.0 Å². The molecule has 3 fully saturated rings. The molecule has 42 heavy (non-hydrogen) atoms. The highest BCUT2D eigenvalue weighted by atomic mass is 19.4. The van der Waals surface area contributed by atoms with Crippen molar-refractivity contribution in [3.8, 4) is 0 Å². The molecule has 3 heterocycles. The van der Waals surface area contributed by atoms with Gasteiger partial charge in [0.15, 0.2) is 0 Å². The number of imide groups is 1. The second-order valence-corrected chi connectivity index (χ2v) is 12.3. The molecule has 2 aliphatic heterocycles. The molecule has 1 saturated heterocycles. The van der Waals surface area contributed by atoms with Crippen molar-refractivity contribution in [1.82, 2.24) is 20.5 Å². The summed E-state index contributed by atoms with van der Waals surface area (Å²) in [6.07, 6.45) is 5.43. The van der Waals surface area contributed by atoms with Crippen molar-refractivity contribution in [1.29, 1.82) is 0 Å². The number of fused-ring (bicyclic) bond motifs is 1. The Balaban J connectivity index is 1.12. The number of benzene rings is 1.